The third kappa shape index (κ3) is 4.50. The summed E-state index contributed by atoms with van der Waals surface area (Å²) in [5.74, 6) is -0.0162. The van der Waals surface area contributed by atoms with E-state index >= 15 is 0 Å². The highest BCUT2D eigenvalue weighted by atomic mass is 19.1. The summed E-state index contributed by atoms with van der Waals surface area (Å²) in [6, 6.07) is 7.40. The van der Waals surface area contributed by atoms with E-state index in [1.54, 1.807) is 25.3 Å². The van der Waals surface area contributed by atoms with Crippen LogP contribution in [0.15, 0.2) is 42.7 Å². The maximum atomic E-state index is 13.5. The van der Waals surface area contributed by atoms with Gasteiger partial charge in [-0.3, -0.25) is 9.48 Å². The van der Waals surface area contributed by atoms with Crippen LogP contribution < -0.4 is 5.32 Å². The number of carbonyl (C=O) groups excluding carboxylic acids is 1. The summed E-state index contributed by atoms with van der Waals surface area (Å²) < 4.78 is 16.7. The molecule has 3 aromatic rings. The average Bonchev–Trinajstić information content (AvgIpc) is 3.28. The van der Waals surface area contributed by atoms with Crippen molar-refractivity contribution in [1.29, 1.82) is 0 Å². The molecule has 0 fully saturated rings. The monoisotopic (exact) mass is 357 g/mol. The Labute approximate surface area is 150 Å². The minimum atomic E-state index is -0.642. The molecule has 9 heteroatoms. The Morgan fingerprint density at radius 2 is 2.23 bits per heavy atom. The number of benzene rings is 1. The molecule has 3 rings (SSSR count). The number of amides is 1. The van der Waals surface area contributed by atoms with Crippen LogP contribution >= 0.6 is 0 Å². The van der Waals surface area contributed by atoms with Crippen molar-refractivity contribution in [2.24, 2.45) is 0 Å². The lowest BCUT2D eigenvalue weighted by Crippen LogP contribution is -2.35. The van der Waals surface area contributed by atoms with Crippen LogP contribution in [0.4, 0.5) is 4.39 Å². The van der Waals surface area contributed by atoms with Crippen LogP contribution in [-0.2, 0) is 17.8 Å². The SMILES string of the molecule is Cc1nnnn1[C@H](Cc1cccc(F)c1)C(=O)NCCCn1cccn1. The van der Waals surface area contributed by atoms with Gasteiger partial charge in [-0.25, -0.2) is 9.07 Å². The van der Waals surface area contributed by atoms with Crippen LogP contribution in [0.25, 0.3) is 0 Å². The van der Waals surface area contributed by atoms with Gasteiger partial charge in [0.2, 0.25) is 5.91 Å². The molecule has 0 saturated carbocycles. The maximum Gasteiger partial charge on any atom is 0.245 e. The van der Waals surface area contributed by atoms with Crippen molar-refractivity contribution >= 4 is 5.91 Å². The van der Waals surface area contributed by atoms with E-state index in [4.69, 9.17) is 0 Å². The van der Waals surface area contributed by atoms with Gasteiger partial charge in [0.05, 0.1) is 0 Å². The molecule has 136 valence electrons. The zero-order valence-electron chi connectivity index (χ0n) is 14.4. The molecule has 0 spiro atoms. The summed E-state index contributed by atoms with van der Waals surface area (Å²) in [7, 11) is 0. The topological polar surface area (TPSA) is 90.5 Å². The molecule has 0 aliphatic heterocycles. The van der Waals surface area contributed by atoms with E-state index in [1.807, 2.05) is 16.9 Å². The third-order valence-electron chi connectivity index (χ3n) is 4.00. The van der Waals surface area contributed by atoms with Crippen molar-refractivity contribution in [2.75, 3.05) is 6.54 Å². The number of tetrazole rings is 1. The molecule has 0 aliphatic carbocycles. The molecule has 0 saturated heterocycles. The number of aryl methyl sites for hydroxylation is 2. The second-order valence-electron chi connectivity index (χ2n) is 5.93. The summed E-state index contributed by atoms with van der Waals surface area (Å²) in [6.07, 6.45) is 4.64. The van der Waals surface area contributed by atoms with Crippen LogP contribution in [0.1, 0.15) is 23.9 Å². The van der Waals surface area contributed by atoms with Gasteiger partial charge in [0.15, 0.2) is 0 Å². The predicted molar refractivity (Wildman–Crippen MR) is 91.5 cm³/mol. The smallest absolute Gasteiger partial charge is 0.245 e. The fourth-order valence-corrected chi connectivity index (χ4v) is 2.71. The molecular weight excluding hydrogens is 337 g/mol. The van der Waals surface area contributed by atoms with Gasteiger partial charge in [0.25, 0.3) is 0 Å². The molecular formula is C17H20FN7O. The van der Waals surface area contributed by atoms with Crippen molar-refractivity contribution in [1.82, 2.24) is 35.3 Å². The minimum absolute atomic E-state index is 0.204. The molecule has 2 aromatic heterocycles. The van der Waals surface area contributed by atoms with Crippen LogP contribution in [0.3, 0.4) is 0 Å². The van der Waals surface area contributed by atoms with Gasteiger partial charge in [0, 0.05) is 31.9 Å². The van der Waals surface area contributed by atoms with Gasteiger partial charge in [-0.05, 0) is 47.5 Å². The first kappa shape index (κ1) is 17.7. The number of hydrogen-bond acceptors (Lipinski definition) is 5. The molecule has 0 radical (unpaired) electrons. The van der Waals surface area contributed by atoms with E-state index in [0.717, 1.165) is 6.42 Å². The number of carbonyl (C=O) groups is 1. The van der Waals surface area contributed by atoms with Crippen LogP contribution in [0, 0.1) is 12.7 Å². The molecule has 26 heavy (non-hydrogen) atoms. The van der Waals surface area contributed by atoms with Gasteiger partial charge < -0.3 is 5.32 Å². The fraction of sp³-hybridized carbons (Fsp3) is 0.353. The Hall–Kier alpha value is -3.10. The summed E-state index contributed by atoms with van der Waals surface area (Å²) in [6.45, 7) is 2.94. The summed E-state index contributed by atoms with van der Waals surface area (Å²) in [5, 5.41) is 18.4. The molecule has 1 N–H and O–H groups in total. The summed E-state index contributed by atoms with van der Waals surface area (Å²) in [5.41, 5.74) is 0.705. The Morgan fingerprint density at radius 1 is 1.35 bits per heavy atom. The highest BCUT2D eigenvalue weighted by Gasteiger charge is 2.24. The minimum Gasteiger partial charge on any atom is -0.354 e. The van der Waals surface area contributed by atoms with Gasteiger partial charge in [-0.15, -0.1) is 5.10 Å². The number of rotatable bonds is 8. The summed E-state index contributed by atoms with van der Waals surface area (Å²) in [4.78, 5) is 12.7. The highest BCUT2D eigenvalue weighted by Crippen LogP contribution is 2.16. The van der Waals surface area contributed by atoms with Crippen molar-refractivity contribution in [3.8, 4) is 0 Å². The standard InChI is InChI=1S/C17H20FN7O/c1-13-21-22-23-25(13)16(12-14-5-2-6-15(18)11-14)17(26)19-7-3-9-24-10-4-8-20-24/h2,4-6,8,10-11,16H,3,7,9,12H2,1H3,(H,19,26)/t16-/m1/s1. The second kappa shape index (κ2) is 8.32. The number of halogens is 1. The maximum absolute atomic E-state index is 13.5. The number of nitrogens with zero attached hydrogens (tertiary/aromatic N) is 6. The Kier molecular flexibility index (Phi) is 5.67. The van der Waals surface area contributed by atoms with Crippen LogP contribution in [-0.4, -0.2) is 42.4 Å². The van der Waals surface area contributed by atoms with Gasteiger partial charge in [0.1, 0.15) is 17.7 Å². The third-order valence-corrected chi connectivity index (χ3v) is 4.00. The average molecular weight is 357 g/mol. The van der Waals surface area contributed by atoms with Crippen molar-refractivity contribution in [3.63, 3.8) is 0 Å². The van der Waals surface area contributed by atoms with Gasteiger partial charge in [-0.2, -0.15) is 5.10 Å². The Bertz CT molecular complexity index is 846. The molecule has 0 bridgehead atoms. The number of hydrogen-bond donors (Lipinski definition) is 1. The number of nitrogens with one attached hydrogen (secondary N) is 1. The summed E-state index contributed by atoms with van der Waals surface area (Å²) >= 11 is 0. The largest absolute Gasteiger partial charge is 0.354 e. The first-order valence-corrected chi connectivity index (χ1v) is 8.37. The molecule has 1 aromatic carbocycles. The predicted octanol–water partition coefficient (Wildman–Crippen LogP) is 1.31. The van der Waals surface area contributed by atoms with Crippen LogP contribution in [0.5, 0.6) is 0 Å². The van der Waals surface area contributed by atoms with Gasteiger partial charge >= 0.3 is 0 Å². The number of aromatic nitrogens is 6. The molecule has 0 aliphatic rings. The normalized spacial score (nSPS) is 12.1. The molecule has 1 amide bonds. The molecule has 8 nitrogen and oxygen atoms in total. The first-order valence-electron chi connectivity index (χ1n) is 8.37. The van der Waals surface area contributed by atoms with E-state index < -0.39 is 6.04 Å². The van der Waals surface area contributed by atoms with E-state index in [2.05, 4.69) is 25.9 Å². The Balaban J connectivity index is 1.64. The lowest BCUT2D eigenvalue weighted by atomic mass is 10.0. The van der Waals surface area contributed by atoms with E-state index in [0.29, 0.717) is 30.9 Å². The van der Waals surface area contributed by atoms with E-state index in [-0.39, 0.29) is 11.7 Å². The van der Waals surface area contributed by atoms with E-state index in [9.17, 15) is 9.18 Å². The highest BCUT2D eigenvalue weighted by molar-refractivity contribution is 5.80. The Morgan fingerprint density at radius 3 is 2.92 bits per heavy atom. The van der Waals surface area contributed by atoms with Crippen molar-refractivity contribution in [3.05, 3.63) is 59.9 Å². The van der Waals surface area contributed by atoms with Crippen molar-refractivity contribution < 1.29 is 9.18 Å². The molecule has 0 unspecified atom stereocenters. The molecule has 2 heterocycles. The quantitative estimate of drug-likeness (QED) is 0.614. The lowest BCUT2D eigenvalue weighted by Gasteiger charge is -2.17. The zero-order chi connectivity index (χ0) is 18.4. The fourth-order valence-electron chi connectivity index (χ4n) is 2.71. The van der Waals surface area contributed by atoms with Crippen LogP contribution in [0.2, 0.25) is 0 Å². The van der Waals surface area contributed by atoms with Gasteiger partial charge in [-0.1, -0.05) is 12.1 Å². The lowest BCUT2D eigenvalue weighted by molar-refractivity contribution is -0.124. The molecule has 1 atom stereocenters. The second-order valence-corrected chi connectivity index (χ2v) is 5.93. The van der Waals surface area contributed by atoms with Crippen molar-refractivity contribution in [2.45, 2.75) is 32.4 Å². The van der Waals surface area contributed by atoms with E-state index in [1.165, 1.54) is 16.8 Å². The first-order chi connectivity index (χ1) is 12.6. The zero-order valence-corrected chi connectivity index (χ0v) is 14.4.